The standard InChI is InChI=1S/C22H16N4O4S2/c23-8-9-26(15-5-2-1-3-6-15)18(27)12-30-19(28)11-25-14-24-21-20(22(25)29)16(13-32-21)17-7-4-10-31-17/h1-7,10,13-14H,9,11-12H2. The number of hydrogen-bond acceptors (Lipinski definition) is 8. The average Bonchev–Trinajstić information content (AvgIpc) is 3.48. The topological polar surface area (TPSA) is 105 Å². The van der Waals surface area contributed by atoms with Gasteiger partial charge in [0.1, 0.15) is 17.9 Å². The second-order valence-electron chi connectivity index (χ2n) is 6.62. The summed E-state index contributed by atoms with van der Waals surface area (Å²) in [6.45, 7) is -1.10. The lowest BCUT2D eigenvalue weighted by Gasteiger charge is -2.19. The molecule has 10 heteroatoms. The summed E-state index contributed by atoms with van der Waals surface area (Å²) < 4.78 is 6.26. The number of fused-ring (bicyclic) bond motifs is 1. The van der Waals surface area contributed by atoms with Gasteiger partial charge in [0.25, 0.3) is 11.5 Å². The van der Waals surface area contributed by atoms with Crippen LogP contribution in [0.15, 0.2) is 64.3 Å². The molecule has 1 amide bonds. The maximum Gasteiger partial charge on any atom is 0.326 e. The lowest BCUT2D eigenvalue weighted by Crippen LogP contribution is -2.36. The van der Waals surface area contributed by atoms with E-state index in [2.05, 4.69) is 4.98 Å². The Labute approximate surface area is 190 Å². The highest BCUT2D eigenvalue weighted by Gasteiger charge is 2.19. The quantitative estimate of drug-likeness (QED) is 0.307. The lowest BCUT2D eigenvalue weighted by molar-refractivity contribution is -0.148. The molecule has 8 nitrogen and oxygen atoms in total. The Morgan fingerprint density at radius 1 is 1.16 bits per heavy atom. The van der Waals surface area contributed by atoms with E-state index in [0.717, 1.165) is 10.4 Å². The van der Waals surface area contributed by atoms with Crippen molar-refractivity contribution in [2.24, 2.45) is 0 Å². The Morgan fingerprint density at radius 3 is 2.69 bits per heavy atom. The number of carbonyl (C=O) groups excluding carboxylic acids is 2. The molecule has 0 fully saturated rings. The van der Waals surface area contributed by atoms with Crippen LogP contribution in [-0.4, -0.2) is 34.6 Å². The number of amides is 1. The second-order valence-corrected chi connectivity index (χ2v) is 8.42. The number of nitriles is 1. The first kappa shape index (κ1) is 21.4. The van der Waals surface area contributed by atoms with Crippen molar-refractivity contribution >= 4 is 50.5 Å². The van der Waals surface area contributed by atoms with Crippen molar-refractivity contribution in [3.8, 4) is 16.5 Å². The van der Waals surface area contributed by atoms with E-state index in [1.165, 1.54) is 38.5 Å². The van der Waals surface area contributed by atoms with E-state index in [-0.39, 0.29) is 18.6 Å². The van der Waals surface area contributed by atoms with Gasteiger partial charge in [0.05, 0.1) is 17.8 Å². The number of ether oxygens (including phenoxy) is 1. The number of thiophene rings is 2. The Kier molecular flexibility index (Phi) is 6.39. The van der Waals surface area contributed by atoms with E-state index in [1.54, 1.807) is 30.3 Å². The van der Waals surface area contributed by atoms with Gasteiger partial charge in [0, 0.05) is 21.5 Å². The summed E-state index contributed by atoms with van der Waals surface area (Å²) in [6, 6.07) is 14.4. The molecule has 160 valence electrons. The van der Waals surface area contributed by atoms with Gasteiger partial charge in [0.2, 0.25) is 0 Å². The largest absolute Gasteiger partial charge is 0.454 e. The molecule has 0 N–H and O–H groups in total. The zero-order chi connectivity index (χ0) is 22.5. The van der Waals surface area contributed by atoms with Gasteiger partial charge in [-0.15, -0.1) is 22.7 Å². The third-order valence-corrected chi connectivity index (χ3v) is 6.39. The van der Waals surface area contributed by atoms with Crippen LogP contribution in [0.2, 0.25) is 0 Å². The van der Waals surface area contributed by atoms with Crippen LogP contribution < -0.4 is 10.5 Å². The van der Waals surface area contributed by atoms with Crippen LogP contribution in [0.25, 0.3) is 20.7 Å². The van der Waals surface area contributed by atoms with E-state index in [4.69, 9.17) is 10.00 Å². The van der Waals surface area contributed by atoms with Crippen LogP contribution in [0.3, 0.4) is 0 Å². The number of benzene rings is 1. The summed E-state index contributed by atoms with van der Waals surface area (Å²) in [6.07, 6.45) is 1.30. The molecule has 32 heavy (non-hydrogen) atoms. The van der Waals surface area contributed by atoms with Gasteiger partial charge in [-0.05, 0) is 23.6 Å². The van der Waals surface area contributed by atoms with Crippen LogP contribution in [0.1, 0.15) is 0 Å². The Bertz CT molecular complexity index is 1350. The molecule has 0 aliphatic heterocycles. The van der Waals surface area contributed by atoms with E-state index >= 15 is 0 Å². The third-order valence-electron chi connectivity index (χ3n) is 4.60. The molecule has 4 aromatic rings. The number of rotatable bonds is 7. The number of anilines is 1. The zero-order valence-electron chi connectivity index (χ0n) is 16.6. The van der Waals surface area contributed by atoms with Crippen molar-refractivity contribution < 1.29 is 14.3 Å². The first-order valence-corrected chi connectivity index (χ1v) is 11.2. The fraction of sp³-hybridized carbons (Fsp3) is 0.136. The van der Waals surface area contributed by atoms with Crippen molar-refractivity contribution in [3.05, 3.63) is 69.9 Å². The fourth-order valence-electron chi connectivity index (χ4n) is 3.10. The maximum atomic E-state index is 13.0. The number of aromatic nitrogens is 2. The third kappa shape index (κ3) is 4.44. The smallest absolute Gasteiger partial charge is 0.326 e. The van der Waals surface area contributed by atoms with Crippen LogP contribution in [0.5, 0.6) is 0 Å². The molecular weight excluding hydrogens is 448 g/mol. The normalized spacial score (nSPS) is 10.6. The van der Waals surface area contributed by atoms with Gasteiger partial charge in [-0.2, -0.15) is 5.26 Å². The monoisotopic (exact) mass is 464 g/mol. The van der Waals surface area contributed by atoms with Gasteiger partial charge in [-0.25, -0.2) is 4.98 Å². The highest BCUT2D eigenvalue weighted by molar-refractivity contribution is 7.18. The van der Waals surface area contributed by atoms with Gasteiger partial charge in [0.15, 0.2) is 6.61 Å². The van der Waals surface area contributed by atoms with E-state index in [1.807, 2.05) is 29.0 Å². The molecule has 4 rings (SSSR count). The van der Waals surface area contributed by atoms with Crippen molar-refractivity contribution in [2.75, 3.05) is 18.1 Å². The summed E-state index contributed by atoms with van der Waals surface area (Å²) in [5.74, 6) is -1.29. The predicted octanol–water partition coefficient (Wildman–Crippen LogP) is 3.29. The highest BCUT2D eigenvalue weighted by Crippen LogP contribution is 2.33. The van der Waals surface area contributed by atoms with Crippen molar-refractivity contribution in [3.63, 3.8) is 0 Å². The maximum absolute atomic E-state index is 13.0. The number of hydrogen-bond donors (Lipinski definition) is 0. The minimum Gasteiger partial charge on any atom is -0.454 e. The van der Waals surface area contributed by atoms with Crippen LogP contribution in [-0.2, 0) is 20.9 Å². The van der Waals surface area contributed by atoms with Gasteiger partial charge >= 0.3 is 5.97 Å². The summed E-state index contributed by atoms with van der Waals surface area (Å²) in [5, 5.41) is 13.3. The first-order chi connectivity index (χ1) is 15.6. The predicted molar refractivity (Wildman–Crippen MR) is 123 cm³/mol. The van der Waals surface area contributed by atoms with Crippen molar-refractivity contribution in [2.45, 2.75) is 6.54 Å². The molecule has 0 aliphatic rings. The van der Waals surface area contributed by atoms with Crippen LogP contribution in [0.4, 0.5) is 5.69 Å². The number of para-hydroxylation sites is 1. The summed E-state index contributed by atoms with van der Waals surface area (Å²) >= 11 is 2.88. The second kappa shape index (κ2) is 9.55. The zero-order valence-corrected chi connectivity index (χ0v) is 18.3. The molecule has 0 bridgehead atoms. The molecule has 0 atom stereocenters. The average molecular weight is 465 g/mol. The molecule has 0 spiro atoms. The molecule has 0 radical (unpaired) electrons. The molecule has 0 saturated carbocycles. The van der Waals surface area contributed by atoms with Crippen LogP contribution in [0, 0.1) is 11.3 Å². The molecule has 0 unspecified atom stereocenters. The van der Waals surface area contributed by atoms with Gasteiger partial charge in [-0.3, -0.25) is 23.9 Å². The van der Waals surface area contributed by atoms with Crippen molar-refractivity contribution in [1.82, 2.24) is 9.55 Å². The molecular formula is C22H16N4O4S2. The number of esters is 1. The SMILES string of the molecule is N#CCN(C(=O)COC(=O)Cn1cnc2scc(-c3cccs3)c2c1=O)c1ccccc1. The Hall–Kier alpha value is -3.81. The molecule has 0 saturated heterocycles. The number of nitrogens with zero attached hydrogens (tertiary/aromatic N) is 4. The molecule has 1 aromatic carbocycles. The first-order valence-electron chi connectivity index (χ1n) is 9.47. The number of carbonyl (C=O) groups is 2. The summed E-state index contributed by atoms with van der Waals surface area (Å²) in [4.78, 5) is 44.8. The molecule has 0 aliphatic carbocycles. The highest BCUT2D eigenvalue weighted by atomic mass is 32.1. The van der Waals surface area contributed by atoms with E-state index in [0.29, 0.717) is 15.9 Å². The lowest BCUT2D eigenvalue weighted by atomic mass is 10.2. The fourth-order valence-corrected chi connectivity index (χ4v) is 4.82. The van der Waals surface area contributed by atoms with E-state index in [9.17, 15) is 14.4 Å². The Balaban J connectivity index is 1.47. The van der Waals surface area contributed by atoms with Gasteiger partial charge in [-0.1, -0.05) is 24.3 Å². The van der Waals surface area contributed by atoms with E-state index < -0.39 is 18.5 Å². The summed E-state index contributed by atoms with van der Waals surface area (Å²) in [5.41, 5.74) is 0.961. The minimum absolute atomic E-state index is 0.176. The minimum atomic E-state index is -0.750. The van der Waals surface area contributed by atoms with Crippen LogP contribution >= 0.6 is 22.7 Å². The van der Waals surface area contributed by atoms with Crippen molar-refractivity contribution in [1.29, 1.82) is 5.26 Å². The Morgan fingerprint density at radius 2 is 1.97 bits per heavy atom. The van der Waals surface area contributed by atoms with Gasteiger partial charge < -0.3 is 4.74 Å². The molecule has 3 heterocycles. The molecule has 3 aromatic heterocycles. The summed E-state index contributed by atoms with van der Waals surface area (Å²) in [7, 11) is 0.